The van der Waals surface area contributed by atoms with E-state index in [1.165, 1.54) is 20.8 Å². The first-order chi connectivity index (χ1) is 15.4. The maximum Gasteiger partial charge on any atom is 0.302 e. The maximum atomic E-state index is 11.9. The fourth-order valence-corrected chi connectivity index (χ4v) is 7.19. The number of rotatable bonds is 4. The normalized spacial score (nSPS) is 45.5. The standard InChI is InChI=1S/C25H36O6/c1-15(26)29-14-25-12-9-19(30-16(2)27)13-18(25)5-6-20-21-7-8-23(31-17(3)28)24(21,4)11-10-22(20)25/h5,19-23H,6-14H2,1-4H3/t19-,20-,21-,22-,23-,24-,25+/m0/s1/i14D,23D/t14-,19-,20-,21-,22-,23-,24-,25+. The predicted octanol–water partition coefficient (Wildman–Crippen LogP) is 4.36. The molecule has 0 aromatic heterocycles. The van der Waals surface area contributed by atoms with Crippen LogP contribution in [0.1, 0.15) is 81.8 Å². The second-order valence-corrected chi connectivity index (χ2v) is 10.1. The molecule has 0 heterocycles. The number of hydrogen-bond donors (Lipinski definition) is 0. The lowest BCUT2D eigenvalue weighted by molar-refractivity contribution is -0.160. The Balaban J connectivity index is 1.69. The van der Waals surface area contributed by atoms with Crippen molar-refractivity contribution in [2.45, 2.75) is 91.2 Å². The molecule has 8 atom stereocenters. The van der Waals surface area contributed by atoms with E-state index in [0.29, 0.717) is 25.7 Å². The number of fused-ring (bicyclic) bond motifs is 5. The van der Waals surface area contributed by atoms with Crippen LogP contribution in [0, 0.1) is 28.6 Å². The van der Waals surface area contributed by atoms with Crippen LogP contribution in [0.2, 0.25) is 0 Å². The van der Waals surface area contributed by atoms with Crippen LogP contribution in [0.5, 0.6) is 0 Å². The second kappa shape index (κ2) is 8.25. The average Bonchev–Trinajstić information content (AvgIpc) is 2.96. The van der Waals surface area contributed by atoms with Crippen LogP contribution in [0.3, 0.4) is 0 Å². The lowest BCUT2D eigenvalue weighted by atomic mass is 9.47. The molecule has 6 heteroatoms. The van der Waals surface area contributed by atoms with Crippen molar-refractivity contribution in [3.63, 3.8) is 0 Å². The predicted molar refractivity (Wildman–Crippen MR) is 114 cm³/mol. The summed E-state index contributed by atoms with van der Waals surface area (Å²) in [7, 11) is 0. The highest BCUT2D eigenvalue weighted by molar-refractivity contribution is 5.67. The van der Waals surface area contributed by atoms with Gasteiger partial charge < -0.3 is 14.2 Å². The molecule has 3 fully saturated rings. The average molecular weight is 435 g/mol. The summed E-state index contributed by atoms with van der Waals surface area (Å²) >= 11 is 0. The van der Waals surface area contributed by atoms with Crippen LogP contribution in [-0.2, 0) is 28.6 Å². The van der Waals surface area contributed by atoms with Crippen LogP contribution >= 0.6 is 0 Å². The van der Waals surface area contributed by atoms with Gasteiger partial charge in [0, 0.05) is 38.0 Å². The van der Waals surface area contributed by atoms with Crippen LogP contribution in [0.4, 0.5) is 0 Å². The third kappa shape index (κ3) is 3.91. The van der Waals surface area contributed by atoms with Crippen molar-refractivity contribution in [2.75, 3.05) is 6.58 Å². The number of carbonyl (C=O) groups excluding carboxylic acids is 3. The van der Waals surface area contributed by atoms with E-state index in [1.54, 1.807) is 0 Å². The van der Waals surface area contributed by atoms with E-state index in [9.17, 15) is 14.4 Å². The topological polar surface area (TPSA) is 78.9 Å². The Labute approximate surface area is 187 Å². The number of esters is 3. The molecule has 0 N–H and O–H groups in total. The molecule has 3 saturated carbocycles. The van der Waals surface area contributed by atoms with Gasteiger partial charge in [-0.15, -0.1) is 0 Å². The van der Waals surface area contributed by atoms with Gasteiger partial charge in [-0.05, 0) is 62.7 Å². The summed E-state index contributed by atoms with van der Waals surface area (Å²) in [4.78, 5) is 35.2. The van der Waals surface area contributed by atoms with Gasteiger partial charge in [0.05, 0.1) is 2.74 Å². The van der Waals surface area contributed by atoms with E-state index in [4.69, 9.17) is 17.0 Å². The van der Waals surface area contributed by atoms with Gasteiger partial charge in [-0.3, -0.25) is 14.4 Å². The van der Waals surface area contributed by atoms with E-state index < -0.39 is 35.4 Å². The molecular weight excluding hydrogens is 396 g/mol. The van der Waals surface area contributed by atoms with Gasteiger partial charge in [0.1, 0.15) is 18.8 Å². The molecule has 0 amide bonds. The summed E-state index contributed by atoms with van der Waals surface area (Å²) in [5.41, 5.74) is 0.0166. The molecule has 0 bridgehead atoms. The van der Waals surface area contributed by atoms with Gasteiger partial charge in [-0.2, -0.15) is 0 Å². The molecule has 0 aromatic rings. The fourth-order valence-electron chi connectivity index (χ4n) is 7.19. The van der Waals surface area contributed by atoms with Crippen molar-refractivity contribution < 1.29 is 31.3 Å². The number of hydrogen-bond acceptors (Lipinski definition) is 6. The zero-order chi connectivity index (χ0) is 24.2. The highest BCUT2D eigenvalue weighted by Gasteiger charge is 2.61. The molecule has 0 radical (unpaired) electrons. The zero-order valence-corrected chi connectivity index (χ0v) is 19.1. The SMILES string of the molecule is [2H][C@H](OC(C)=O)[C@]12CC[C@H](OC(C)=O)CC1=CC[C@@H]1[C@@H]2CC[C@@]2(C)[C@H]1CC[C@]2([2H])OC(C)=O. The van der Waals surface area contributed by atoms with Crippen LogP contribution in [0.25, 0.3) is 0 Å². The van der Waals surface area contributed by atoms with Gasteiger partial charge in [-0.25, -0.2) is 0 Å². The molecule has 4 aliphatic rings. The van der Waals surface area contributed by atoms with Crippen molar-refractivity contribution >= 4 is 17.9 Å². The van der Waals surface area contributed by atoms with Gasteiger partial charge in [0.15, 0.2) is 0 Å². The first kappa shape index (κ1) is 19.8. The molecule has 4 aliphatic carbocycles. The molecular formula is C25H36O6. The molecule has 4 rings (SSSR count). The third-order valence-electron chi connectivity index (χ3n) is 8.40. The summed E-state index contributed by atoms with van der Waals surface area (Å²) in [5.74, 6) is -0.630. The van der Waals surface area contributed by atoms with Gasteiger partial charge >= 0.3 is 17.9 Å². The van der Waals surface area contributed by atoms with E-state index in [2.05, 4.69) is 13.0 Å². The van der Waals surface area contributed by atoms with Crippen LogP contribution in [-0.4, -0.2) is 36.7 Å². The Morgan fingerprint density at radius 2 is 1.77 bits per heavy atom. The summed E-state index contributed by atoms with van der Waals surface area (Å²) < 4.78 is 34.6. The summed E-state index contributed by atoms with van der Waals surface area (Å²) in [5, 5.41) is 0. The molecule has 31 heavy (non-hydrogen) atoms. The first-order valence-electron chi connectivity index (χ1n) is 12.7. The Kier molecular flexibility index (Phi) is 5.27. The maximum absolute atomic E-state index is 11.9. The van der Waals surface area contributed by atoms with Gasteiger partial charge in [-0.1, -0.05) is 18.6 Å². The first-order valence-corrected chi connectivity index (χ1v) is 11.6. The molecule has 0 aliphatic heterocycles. The number of allylic oxidation sites excluding steroid dienone is 1. The summed E-state index contributed by atoms with van der Waals surface area (Å²) in [6, 6.07) is 0. The van der Waals surface area contributed by atoms with E-state index >= 15 is 0 Å². The molecule has 0 spiro atoms. The fraction of sp³-hybridized carbons (Fsp3) is 0.800. The largest absolute Gasteiger partial charge is 0.465 e. The Bertz CT molecular complexity index is 873. The van der Waals surface area contributed by atoms with Crippen molar-refractivity contribution in [3.05, 3.63) is 11.6 Å². The Hall–Kier alpha value is -1.85. The van der Waals surface area contributed by atoms with Crippen molar-refractivity contribution in [3.8, 4) is 0 Å². The zero-order valence-electron chi connectivity index (χ0n) is 21.1. The van der Waals surface area contributed by atoms with E-state index in [1.807, 2.05) is 0 Å². The highest BCUT2D eigenvalue weighted by atomic mass is 16.5. The van der Waals surface area contributed by atoms with Gasteiger partial charge in [0.25, 0.3) is 0 Å². The highest BCUT2D eigenvalue weighted by Crippen LogP contribution is 2.65. The lowest BCUT2D eigenvalue weighted by Gasteiger charge is -2.58. The Morgan fingerprint density at radius 3 is 2.45 bits per heavy atom. The quantitative estimate of drug-likeness (QED) is 0.372. The third-order valence-corrected chi connectivity index (χ3v) is 8.40. The van der Waals surface area contributed by atoms with Crippen molar-refractivity contribution in [2.24, 2.45) is 28.6 Å². The van der Waals surface area contributed by atoms with E-state index in [-0.39, 0.29) is 29.8 Å². The number of carbonyl (C=O) groups is 3. The van der Waals surface area contributed by atoms with Crippen molar-refractivity contribution in [1.29, 1.82) is 0 Å². The molecule has 172 valence electrons. The smallest absolute Gasteiger partial charge is 0.302 e. The minimum Gasteiger partial charge on any atom is -0.465 e. The second-order valence-electron chi connectivity index (χ2n) is 10.1. The van der Waals surface area contributed by atoms with E-state index in [0.717, 1.165) is 31.3 Å². The Morgan fingerprint density at radius 1 is 1.03 bits per heavy atom. The molecule has 6 nitrogen and oxygen atoms in total. The monoisotopic (exact) mass is 434 g/mol. The lowest BCUT2D eigenvalue weighted by Crippen LogP contribution is -2.54. The van der Waals surface area contributed by atoms with Crippen molar-refractivity contribution in [1.82, 2.24) is 0 Å². The minimum atomic E-state index is -1.23. The van der Waals surface area contributed by atoms with Crippen LogP contribution in [0.15, 0.2) is 11.6 Å². The number of ether oxygens (including phenoxy) is 3. The van der Waals surface area contributed by atoms with Crippen LogP contribution < -0.4 is 0 Å². The van der Waals surface area contributed by atoms with Gasteiger partial charge in [0.2, 0.25) is 0 Å². The summed E-state index contributed by atoms with van der Waals surface area (Å²) in [6.07, 6.45) is 6.22. The minimum absolute atomic E-state index is 0.135. The summed E-state index contributed by atoms with van der Waals surface area (Å²) in [6.45, 7) is 5.19. The molecule has 0 saturated heterocycles. The molecule has 0 unspecified atom stereocenters. The molecule has 0 aromatic carbocycles.